The minimum atomic E-state index is -0.0499. The van der Waals surface area contributed by atoms with E-state index < -0.39 is 0 Å². The SMILES string of the molecule is CCOC(=O)CC[C@@H]1CC[C@@H](C)NC1. The van der Waals surface area contributed by atoms with Gasteiger partial charge in [0, 0.05) is 12.5 Å². The molecule has 0 aromatic heterocycles. The third-order valence-electron chi connectivity index (χ3n) is 2.82. The number of piperidine rings is 1. The second kappa shape index (κ2) is 6.02. The van der Waals surface area contributed by atoms with Gasteiger partial charge in [-0.15, -0.1) is 0 Å². The molecule has 0 aliphatic carbocycles. The molecule has 0 bridgehead atoms. The van der Waals surface area contributed by atoms with Gasteiger partial charge in [-0.2, -0.15) is 0 Å². The molecule has 0 aromatic carbocycles. The van der Waals surface area contributed by atoms with Gasteiger partial charge in [0.15, 0.2) is 0 Å². The predicted octanol–water partition coefficient (Wildman–Crippen LogP) is 1.72. The van der Waals surface area contributed by atoms with Crippen LogP contribution in [0.4, 0.5) is 0 Å². The van der Waals surface area contributed by atoms with E-state index in [4.69, 9.17) is 4.74 Å². The zero-order chi connectivity index (χ0) is 10.4. The molecule has 0 radical (unpaired) electrons. The van der Waals surface area contributed by atoms with Gasteiger partial charge < -0.3 is 10.1 Å². The molecular weight excluding hydrogens is 178 g/mol. The minimum absolute atomic E-state index is 0.0499. The molecule has 14 heavy (non-hydrogen) atoms. The van der Waals surface area contributed by atoms with Crippen molar-refractivity contribution < 1.29 is 9.53 Å². The maximum absolute atomic E-state index is 11.1. The Morgan fingerprint density at radius 3 is 2.86 bits per heavy atom. The van der Waals surface area contributed by atoms with E-state index in [2.05, 4.69) is 12.2 Å². The Balaban J connectivity index is 2.09. The fourth-order valence-corrected chi connectivity index (χ4v) is 1.86. The number of ether oxygens (including phenoxy) is 1. The van der Waals surface area contributed by atoms with Crippen molar-refractivity contribution in [1.29, 1.82) is 0 Å². The highest BCUT2D eigenvalue weighted by Gasteiger charge is 2.18. The summed E-state index contributed by atoms with van der Waals surface area (Å²) in [5.74, 6) is 0.613. The summed E-state index contributed by atoms with van der Waals surface area (Å²) in [6.45, 7) is 5.61. The van der Waals surface area contributed by atoms with Gasteiger partial charge in [0.1, 0.15) is 0 Å². The number of carbonyl (C=O) groups is 1. The lowest BCUT2D eigenvalue weighted by Crippen LogP contribution is -2.37. The van der Waals surface area contributed by atoms with Gasteiger partial charge in [-0.1, -0.05) is 0 Å². The van der Waals surface area contributed by atoms with Gasteiger partial charge in [0.05, 0.1) is 6.61 Å². The molecule has 0 saturated carbocycles. The summed E-state index contributed by atoms with van der Waals surface area (Å²) in [7, 11) is 0. The predicted molar refractivity (Wildman–Crippen MR) is 56.1 cm³/mol. The van der Waals surface area contributed by atoms with Gasteiger partial charge in [0.25, 0.3) is 0 Å². The zero-order valence-electron chi connectivity index (χ0n) is 9.21. The Bertz CT molecular complexity index is 174. The Kier molecular flexibility index (Phi) is 4.94. The van der Waals surface area contributed by atoms with Crippen molar-refractivity contribution in [2.24, 2.45) is 5.92 Å². The van der Waals surface area contributed by atoms with Crippen LogP contribution in [0.2, 0.25) is 0 Å². The average Bonchev–Trinajstić information content (AvgIpc) is 2.17. The molecule has 82 valence electrons. The van der Waals surface area contributed by atoms with Gasteiger partial charge in [-0.05, 0) is 45.6 Å². The van der Waals surface area contributed by atoms with Crippen molar-refractivity contribution in [3.05, 3.63) is 0 Å². The van der Waals surface area contributed by atoms with Crippen molar-refractivity contribution in [1.82, 2.24) is 5.32 Å². The molecule has 1 aliphatic heterocycles. The Morgan fingerprint density at radius 1 is 1.50 bits per heavy atom. The average molecular weight is 199 g/mol. The van der Waals surface area contributed by atoms with Crippen LogP contribution >= 0.6 is 0 Å². The molecule has 1 N–H and O–H groups in total. The van der Waals surface area contributed by atoms with Crippen LogP contribution in [0.5, 0.6) is 0 Å². The molecule has 1 fully saturated rings. The van der Waals surface area contributed by atoms with Gasteiger partial charge >= 0.3 is 5.97 Å². The number of carbonyl (C=O) groups excluding carboxylic acids is 1. The second-order valence-electron chi connectivity index (χ2n) is 4.10. The first-order chi connectivity index (χ1) is 6.72. The molecule has 0 spiro atoms. The quantitative estimate of drug-likeness (QED) is 0.701. The summed E-state index contributed by atoms with van der Waals surface area (Å²) < 4.78 is 4.89. The van der Waals surface area contributed by atoms with Crippen molar-refractivity contribution >= 4 is 5.97 Å². The number of esters is 1. The van der Waals surface area contributed by atoms with Crippen LogP contribution in [-0.2, 0) is 9.53 Å². The zero-order valence-corrected chi connectivity index (χ0v) is 9.21. The van der Waals surface area contributed by atoms with E-state index in [-0.39, 0.29) is 5.97 Å². The molecule has 1 aliphatic rings. The number of hydrogen-bond donors (Lipinski definition) is 1. The molecule has 1 heterocycles. The largest absolute Gasteiger partial charge is 0.466 e. The smallest absolute Gasteiger partial charge is 0.305 e. The maximum atomic E-state index is 11.1. The normalized spacial score (nSPS) is 27.3. The first kappa shape index (κ1) is 11.5. The topological polar surface area (TPSA) is 38.3 Å². The Morgan fingerprint density at radius 2 is 2.29 bits per heavy atom. The molecule has 0 aromatic rings. The highest BCUT2D eigenvalue weighted by molar-refractivity contribution is 5.69. The lowest BCUT2D eigenvalue weighted by atomic mass is 9.92. The van der Waals surface area contributed by atoms with E-state index in [1.165, 1.54) is 12.8 Å². The van der Waals surface area contributed by atoms with Crippen molar-refractivity contribution in [3.8, 4) is 0 Å². The molecule has 0 amide bonds. The van der Waals surface area contributed by atoms with Crippen LogP contribution in [-0.4, -0.2) is 25.2 Å². The fraction of sp³-hybridized carbons (Fsp3) is 0.909. The summed E-state index contributed by atoms with van der Waals surface area (Å²) in [5.41, 5.74) is 0. The lowest BCUT2D eigenvalue weighted by molar-refractivity contribution is -0.143. The Labute approximate surface area is 86.2 Å². The number of nitrogens with one attached hydrogen (secondary N) is 1. The van der Waals surface area contributed by atoms with Crippen LogP contribution < -0.4 is 5.32 Å². The minimum Gasteiger partial charge on any atom is -0.466 e. The van der Waals surface area contributed by atoms with E-state index in [9.17, 15) is 4.79 Å². The first-order valence-electron chi connectivity index (χ1n) is 5.61. The monoisotopic (exact) mass is 199 g/mol. The lowest BCUT2D eigenvalue weighted by Gasteiger charge is -2.27. The van der Waals surface area contributed by atoms with Gasteiger partial charge in [-0.3, -0.25) is 4.79 Å². The highest BCUT2D eigenvalue weighted by atomic mass is 16.5. The van der Waals surface area contributed by atoms with Crippen LogP contribution in [0.1, 0.15) is 39.5 Å². The van der Waals surface area contributed by atoms with Crippen molar-refractivity contribution in [3.63, 3.8) is 0 Å². The van der Waals surface area contributed by atoms with Crippen LogP contribution in [0.15, 0.2) is 0 Å². The van der Waals surface area contributed by atoms with Gasteiger partial charge in [0.2, 0.25) is 0 Å². The number of rotatable bonds is 4. The third kappa shape index (κ3) is 4.09. The molecule has 3 heteroatoms. The van der Waals surface area contributed by atoms with Crippen LogP contribution in [0, 0.1) is 5.92 Å². The molecule has 2 atom stereocenters. The van der Waals surface area contributed by atoms with E-state index in [1.807, 2.05) is 6.92 Å². The molecule has 3 nitrogen and oxygen atoms in total. The molecular formula is C11H21NO2. The van der Waals surface area contributed by atoms with E-state index >= 15 is 0 Å². The maximum Gasteiger partial charge on any atom is 0.305 e. The summed E-state index contributed by atoms with van der Waals surface area (Å²) in [4.78, 5) is 11.1. The van der Waals surface area contributed by atoms with Crippen LogP contribution in [0.3, 0.4) is 0 Å². The van der Waals surface area contributed by atoms with Crippen molar-refractivity contribution in [2.45, 2.75) is 45.6 Å². The van der Waals surface area contributed by atoms with E-state index in [0.717, 1.165) is 13.0 Å². The van der Waals surface area contributed by atoms with E-state index in [0.29, 0.717) is 25.0 Å². The first-order valence-corrected chi connectivity index (χ1v) is 5.61. The van der Waals surface area contributed by atoms with E-state index in [1.54, 1.807) is 0 Å². The fourth-order valence-electron chi connectivity index (χ4n) is 1.86. The molecule has 1 saturated heterocycles. The van der Waals surface area contributed by atoms with Crippen LogP contribution in [0.25, 0.3) is 0 Å². The standard InChI is InChI=1S/C11H21NO2/c1-3-14-11(13)7-6-10-5-4-9(2)12-8-10/h9-10,12H,3-8H2,1-2H3/t9-,10+/m1/s1. The summed E-state index contributed by atoms with van der Waals surface area (Å²) in [6, 6.07) is 0.647. The molecule has 1 rings (SSSR count). The van der Waals surface area contributed by atoms with Gasteiger partial charge in [-0.25, -0.2) is 0 Å². The Hall–Kier alpha value is -0.570. The summed E-state index contributed by atoms with van der Waals surface area (Å²) in [5, 5.41) is 3.44. The number of hydrogen-bond acceptors (Lipinski definition) is 3. The summed E-state index contributed by atoms with van der Waals surface area (Å²) in [6.07, 6.45) is 4.02. The van der Waals surface area contributed by atoms with Crippen molar-refractivity contribution in [2.75, 3.05) is 13.2 Å². The summed E-state index contributed by atoms with van der Waals surface area (Å²) >= 11 is 0. The highest BCUT2D eigenvalue weighted by Crippen LogP contribution is 2.18. The third-order valence-corrected chi connectivity index (χ3v) is 2.82. The second-order valence-corrected chi connectivity index (χ2v) is 4.10. The molecule has 0 unspecified atom stereocenters.